The van der Waals surface area contributed by atoms with E-state index in [4.69, 9.17) is 30.9 Å². The molecule has 0 spiro atoms. The van der Waals surface area contributed by atoms with E-state index in [1.807, 2.05) is 0 Å². The second-order valence-corrected chi connectivity index (χ2v) is 8.73. The summed E-state index contributed by atoms with van der Waals surface area (Å²) in [6.45, 7) is -0.633. The smallest absolute Gasteiger partial charge is 0.387 e. The Morgan fingerprint density at radius 1 is 1.22 bits per heavy atom. The number of nitrogens with two attached hydrogens (primary N) is 3. The van der Waals surface area contributed by atoms with E-state index in [0.717, 1.165) is 0 Å². The summed E-state index contributed by atoms with van der Waals surface area (Å²) >= 11 is 0. The number of hydrogen-bond acceptors (Lipinski definition) is 11. The van der Waals surface area contributed by atoms with Crippen molar-refractivity contribution in [1.29, 1.82) is 0 Å². The average Bonchev–Trinajstić information content (AvgIpc) is 3.07. The van der Waals surface area contributed by atoms with Crippen molar-refractivity contribution in [2.45, 2.75) is 24.5 Å². The maximum atomic E-state index is 11.8. The van der Waals surface area contributed by atoms with Crippen LogP contribution in [0.1, 0.15) is 6.23 Å². The highest BCUT2D eigenvalue weighted by Crippen LogP contribution is 2.53. The molecule has 2 aromatic rings. The summed E-state index contributed by atoms with van der Waals surface area (Å²) in [4.78, 5) is 20.7. The molecule has 27 heavy (non-hydrogen) atoms. The summed E-state index contributed by atoms with van der Waals surface area (Å²) in [5, 5.41) is 20.4. The molecule has 9 N–H and O–H groups in total. The second-order valence-electron chi connectivity index (χ2n) is 5.61. The highest BCUT2D eigenvalue weighted by atomic mass is 31.3. The molecule has 1 aliphatic rings. The Morgan fingerprint density at radius 2 is 1.93 bits per heavy atom. The minimum Gasteiger partial charge on any atom is -0.387 e. The summed E-state index contributed by atoms with van der Waals surface area (Å²) < 4.78 is 38.3. The Morgan fingerprint density at radius 3 is 2.59 bits per heavy atom. The summed E-state index contributed by atoms with van der Waals surface area (Å²) in [5.41, 5.74) is 16.1. The maximum Gasteiger partial charge on any atom is 0.411 e. The van der Waals surface area contributed by atoms with E-state index in [1.54, 1.807) is 0 Å². The van der Waals surface area contributed by atoms with Crippen LogP contribution in [0.25, 0.3) is 11.2 Å². The number of ether oxygens (including phenoxy) is 1. The van der Waals surface area contributed by atoms with Crippen LogP contribution in [0.15, 0.2) is 12.7 Å². The lowest BCUT2D eigenvalue weighted by molar-refractivity contribution is -0.0483. The number of imidazole rings is 1. The van der Waals surface area contributed by atoms with Gasteiger partial charge in [0, 0.05) is 0 Å². The van der Waals surface area contributed by atoms with Gasteiger partial charge in [-0.05, 0) is 0 Å². The van der Waals surface area contributed by atoms with Crippen molar-refractivity contribution in [1.82, 2.24) is 19.5 Å². The molecule has 0 aliphatic carbocycles. The van der Waals surface area contributed by atoms with Crippen molar-refractivity contribution in [3.05, 3.63) is 12.7 Å². The minimum atomic E-state index is -4.66. The van der Waals surface area contributed by atoms with E-state index in [2.05, 4.69) is 19.3 Å². The normalized spacial score (nSPS) is 30.3. The fourth-order valence-corrected chi connectivity index (χ4v) is 4.36. The van der Waals surface area contributed by atoms with E-state index in [-0.39, 0.29) is 17.0 Å². The maximum absolute atomic E-state index is 11.8. The van der Waals surface area contributed by atoms with Crippen LogP contribution in [0.4, 0.5) is 5.82 Å². The van der Waals surface area contributed by atoms with Crippen molar-refractivity contribution >= 4 is 32.5 Å². The number of nitrogens with zero attached hydrogens (tertiary/aromatic N) is 4. The molecule has 17 heteroatoms. The summed E-state index contributed by atoms with van der Waals surface area (Å²) in [6, 6.07) is 0. The van der Waals surface area contributed by atoms with Gasteiger partial charge in [0.2, 0.25) is 0 Å². The number of rotatable bonds is 6. The SMILES string of the molecule is Nc1ncnc2c1ncn2[C@@H]1O[C@H](COP(N)(=O)OP(N)(=O)O)[C@@H](O)[C@H]1O. The molecule has 1 aliphatic heterocycles. The predicted molar refractivity (Wildman–Crippen MR) is 88.5 cm³/mol. The number of anilines is 1. The molecule has 1 saturated heterocycles. The van der Waals surface area contributed by atoms with Crippen LogP contribution in [-0.4, -0.2) is 59.5 Å². The molecule has 6 atom stereocenters. The van der Waals surface area contributed by atoms with Crippen molar-refractivity contribution in [2.75, 3.05) is 12.3 Å². The van der Waals surface area contributed by atoms with Gasteiger partial charge in [0.15, 0.2) is 17.7 Å². The summed E-state index contributed by atoms with van der Waals surface area (Å²) in [5.74, 6) is 0.114. The van der Waals surface area contributed by atoms with Gasteiger partial charge >= 0.3 is 15.5 Å². The molecule has 3 rings (SSSR count). The number of hydrogen-bond donors (Lipinski definition) is 6. The third kappa shape index (κ3) is 4.33. The van der Waals surface area contributed by atoms with Crippen LogP contribution in [0, 0.1) is 0 Å². The Labute approximate surface area is 151 Å². The van der Waals surface area contributed by atoms with Gasteiger partial charge in [0.1, 0.15) is 30.2 Å². The topological polar surface area (TPSA) is 244 Å². The van der Waals surface area contributed by atoms with E-state index in [0.29, 0.717) is 0 Å². The molecule has 0 bridgehead atoms. The number of nitrogen functional groups attached to an aromatic ring is 1. The van der Waals surface area contributed by atoms with Gasteiger partial charge in [-0.15, -0.1) is 0 Å². The van der Waals surface area contributed by atoms with Crippen LogP contribution < -0.4 is 16.7 Å². The Kier molecular flexibility index (Phi) is 5.35. The van der Waals surface area contributed by atoms with Crippen molar-refractivity contribution in [3.8, 4) is 0 Å². The van der Waals surface area contributed by atoms with Gasteiger partial charge in [-0.3, -0.25) is 9.09 Å². The van der Waals surface area contributed by atoms with Gasteiger partial charge in [0.05, 0.1) is 12.9 Å². The van der Waals surface area contributed by atoms with Crippen LogP contribution in [0.2, 0.25) is 0 Å². The van der Waals surface area contributed by atoms with Crippen molar-refractivity contribution in [3.63, 3.8) is 0 Å². The van der Waals surface area contributed by atoms with Crippen LogP contribution in [0.5, 0.6) is 0 Å². The van der Waals surface area contributed by atoms with Crippen LogP contribution >= 0.6 is 15.5 Å². The highest BCUT2D eigenvalue weighted by molar-refractivity contribution is 7.64. The molecular weight excluding hydrogens is 408 g/mol. The Bertz CT molecular complexity index is 933. The number of aliphatic hydroxyl groups is 2. The molecule has 3 heterocycles. The fourth-order valence-electron chi connectivity index (χ4n) is 2.52. The molecule has 0 amide bonds. The first-order valence-corrected chi connectivity index (χ1v) is 10.5. The molecular formula is C10H17N7O8P2. The number of aliphatic hydroxyl groups excluding tert-OH is 2. The summed E-state index contributed by atoms with van der Waals surface area (Å²) in [7, 11) is -9.17. The van der Waals surface area contributed by atoms with E-state index < -0.39 is 46.6 Å². The zero-order chi connectivity index (χ0) is 20.0. The first-order valence-electron chi connectivity index (χ1n) is 7.29. The standard InChI is InChI=1S/C10H17N7O8P2/c11-8-5-9(15-2-14-8)17(3-16-5)10-7(19)6(18)4(24-10)1-23-27(13,22)25-26(12,20)21/h2-4,6-7,10,18-19H,1H2,(H2,13,22)(H2,11,14,15)(H3,12,20,21)/t4-,6-,7-,10-,27?/m1/s1. The van der Waals surface area contributed by atoms with E-state index >= 15 is 0 Å². The third-order valence-electron chi connectivity index (χ3n) is 3.65. The largest absolute Gasteiger partial charge is 0.411 e. The third-order valence-corrected chi connectivity index (χ3v) is 6.00. The lowest BCUT2D eigenvalue weighted by atomic mass is 10.1. The van der Waals surface area contributed by atoms with Gasteiger partial charge in [-0.2, -0.15) is 0 Å². The Hall–Kier alpha value is -1.51. The van der Waals surface area contributed by atoms with Crippen LogP contribution in [-0.2, 0) is 22.7 Å². The highest BCUT2D eigenvalue weighted by Gasteiger charge is 2.45. The first-order chi connectivity index (χ1) is 12.5. The summed E-state index contributed by atoms with van der Waals surface area (Å²) in [6.07, 6.45) is -2.79. The van der Waals surface area contributed by atoms with Crippen LogP contribution in [0.3, 0.4) is 0 Å². The minimum absolute atomic E-state index is 0.114. The lowest BCUT2D eigenvalue weighted by Gasteiger charge is -2.18. The molecule has 15 nitrogen and oxygen atoms in total. The van der Waals surface area contributed by atoms with E-state index in [1.165, 1.54) is 17.2 Å². The number of fused-ring (bicyclic) bond motifs is 1. The first kappa shape index (κ1) is 20.2. The van der Waals surface area contributed by atoms with Crippen molar-refractivity contribution in [2.24, 2.45) is 11.0 Å². The molecule has 0 aromatic carbocycles. The zero-order valence-corrected chi connectivity index (χ0v) is 15.3. The molecule has 2 aromatic heterocycles. The number of aromatic nitrogens is 4. The molecule has 0 saturated carbocycles. The zero-order valence-electron chi connectivity index (χ0n) is 13.5. The van der Waals surface area contributed by atoms with E-state index in [9.17, 15) is 19.3 Å². The fraction of sp³-hybridized carbons (Fsp3) is 0.500. The average molecular weight is 425 g/mol. The molecule has 2 unspecified atom stereocenters. The van der Waals surface area contributed by atoms with Gasteiger partial charge in [-0.25, -0.2) is 39.4 Å². The lowest BCUT2D eigenvalue weighted by Crippen LogP contribution is -2.33. The van der Waals surface area contributed by atoms with Gasteiger partial charge in [0.25, 0.3) is 0 Å². The van der Waals surface area contributed by atoms with Gasteiger partial charge in [-0.1, -0.05) is 0 Å². The monoisotopic (exact) mass is 425 g/mol. The van der Waals surface area contributed by atoms with Crippen molar-refractivity contribution < 1.29 is 37.8 Å². The Balaban J connectivity index is 1.75. The molecule has 0 radical (unpaired) electrons. The quantitative estimate of drug-likeness (QED) is 0.279. The second kappa shape index (κ2) is 7.14. The predicted octanol–water partition coefficient (Wildman–Crippen LogP) is -1.81. The molecule has 1 fully saturated rings. The van der Waals surface area contributed by atoms with Gasteiger partial charge < -0.3 is 25.6 Å². The molecule has 150 valence electrons.